The summed E-state index contributed by atoms with van der Waals surface area (Å²) in [5.41, 5.74) is 8.16. The number of hydrogen-bond acceptors (Lipinski definition) is 10. The average molecular weight is 830 g/mol. The van der Waals surface area contributed by atoms with Gasteiger partial charge in [-0.05, 0) is 90.1 Å². The number of nitrogens with zero attached hydrogens (tertiary/aromatic N) is 8. The summed E-state index contributed by atoms with van der Waals surface area (Å²) in [5.74, 6) is 3.90. The molecule has 11 nitrogen and oxygen atoms in total. The van der Waals surface area contributed by atoms with Crippen LogP contribution in [-0.2, 0) is 11.4 Å². The Morgan fingerprint density at radius 3 is 1.84 bits per heavy atom. The number of phenolic OH excluding ortho intramolecular Hbond substituents is 1. The molecule has 2 aliphatic heterocycles. The number of fused-ring (bicyclic) bond motifs is 2. The van der Waals surface area contributed by atoms with Gasteiger partial charge in [-0.1, -0.05) is 92.2 Å². The molecule has 0 aliphatic carbocycles. The molecule has 1 fully saturated rings. The standard InChI is InChI=1S/C26H25N3O.C24H44N5O2/c1-15-6-9-20(18(4)12-15)24-27-25(21-10-7-16(2)13-19(21)5)29-26(28-24)22-11-8-17(3)14-23(22)30;1-7-9-12-26(15-16-30)21-11-14-27-18-24(5)19-29(31-6)23(3,4)17-20(24)28(13-10-8-2)22(27)25-21/h6-14,30H,1-5H3;11,14,20,30H,7-10,12-13,15-19H2,1-6H3/q;+1. The van der Waals surface area contributed by atoms with Gasteiger partial charge < -0.3 is 20.0 Å². The first-order valence-corrected chi connectivity index (χ1v) is 22.2. The van der Waals surface area contributed by atoms with Gasteiger partial charge in [-0.25, -0.2) is 19.5 Å². The molecule has 2 atom stereocenters. The second kappa shape index (κ2) is 19.4. The van der Waals surface area contributed by atoms with Crippen molar-refractivity contribution in [2.24, 2.45) is 5.41 Å². The highest BCUT2D eigenvalue weighted by Crippen LogP contribution is 2.44. The molecule has 2 aromatic heterocycles. The van der Waals surface area contributed by atoms with Gasteiger partial charge in [0.15, 0.2) is 17.5 Å². The number of unbranched alkanes of at least 4 members (excludes halogenated alkanes) is 2. The summed E-state index contributed by atoms with van der Waals surface area (Å²) in [4.78, 5) is 30.1. The van der Waals surface area contributed by atoms with Crippen molar-refractivity contribution in [3.05, 3.63) is 94.7 Å². The normalized spacial score (nSPS) is 18.2. The Balaban J connectivity index is 0.000000204. The van der Waals surface area contributed by atoms with Crippen molar-refractivity contribution >= 4 is 11.8 Å². The minimum atomic E-state index is -0.0206. The lowest BCUT2D eigenvalue weighted by molar-refractivity contribution is -0.707. The van der Waals surface area contributed by atoms with Crippen LogP contribution in [0.25, 0.3) is 34.2 Å². The molecule has 4 heterocycles. The largest absolute Gasteiger partial charge is 0.507 e. The molecule has 1 saturated heterocycles. The highest BCUT2D eigenvalue weighted by molar-refractivity contribution is 5.72. The van der Waals surface area contributed by atoms with Crippen LogP contribution in [-0.4, -0.2) is 86.7 Å². The lowest BCUT2D eigenvalue weighted by Gasteiger charge is -2.55. The summed E-state index contributed by atoms with van der Waals surface area (Å²) in [6.45, 7) is 26.2. The molecule has 11 heteroatoms. The van der Waals surface area contributed by atoms with Crippen LogP contribution in [0.5, 0.6) is 5.75 Å². The zero-order valence-corrected chi connectivity index (χ0v) is 38.6. The van der Waals surface area contributed by atoms with E-state index >= 15 is 0 Å². The monoisotopic (exact) mass is 830 g/mol. The summed E-state index contributed by atoms with van der Waals surface area (Å²) in [6, 6.07) is 20.5. The van der Waals surface area contributed by atoms with Gasteiger partial charge in [-0.2, -0.15) is 5.06 Å². The zero-order chi connectivity index (χ0) is 44.1. The Labute approximate surface area is 364 Å². The summed E-state index contributed by atoms with van der Waals surface area (Å²) in [7, 11) is 1.80. The van der Waals surface area contributed by atoms with Gasteiger partial charge in [0.25, 0.3) is 0 Å². The molecule has 0 amide bonds. The number of anilines is 2. The molecule has 2 N–H and O–H groups in total. The molecule has 7 rings (SSSR count). The zero-order valence-electron chi connectivity index (χ0n) is 38.6. The van der Waals surface area contributed by atoms with Crippen molar-refractivity contribution in [2.75, 3.05) is 49.7 Å². The molecule has 0 radical (unpaired) electrons. The maximum atomic E-state index is 10.5. The number of hydrogen-bond donors (Lipinski definition) is 2. The lowest BCUT2D eigenvalue weighted by atomic mass is 9.70. The number of hydroxylamine groups is 2. The minimum Gasteiger partial charge on any atom is -0.507 e. The molecule has 0 bridgehead atoms. The molecule has 2 unspecified atom stereocenters. The fourth-order valence-corrected chi connectivity index (χ4v) is 9.00. The number of phenols is 1. The molecule has 326 valence electrons. The van der Waals surface area contributed by atoms with E-state index in [-0.39, 0.29) is 23.3 Å². The number of aryl methyl sites for hydroxylation is 5. The minimum absolute atomic E-state index is 0.0206. The Kier molecular flexibility index (Phi) is 14.5. The van der Waals surface area contributed by atoms with E-state index in [1.54, 1.807) is 13.2 Å². The number of piperidine rings is 1. The fourth-order valence-electron chi connectivity index (χ4n) is 9.00. The van der Waals surface area contributed by atoms with E-state index in [2.05, 4.69) is 118 Å². The topological polar surface area (TPSA) is 115 Å². The average Bonchev–Trinajstić information content (AvgIpc) is 3.21. The molecular weight excluding hydrogens is 761 g/mol. The molecule has 2 aliphatic rings. The predicted molar refractivity (Wildman–Crippen MR) is 247 cm³/mol. The van der Waals surface area contributed by atoms with Gasteiger partial charge in [-0.3, -0.25) is 4.90 Å². The third kappa shape index (κ3) is 10.2. The lowest BCUT2D eigenvalue weighted by Crippen LogP contribution is -2.71. The maximum absolute atomic E-state index is 10.5. The first-order chi connectivity index (χ1) is 29.1. The third-order valence-corrected chi connectivity index (χ3v) is 12.4. The Morgan fingerprint density at radius 1 is 0.754 bits per heavy atom. The number of aromatic hydroxyl groups is 1. The van der Waals surface area contributed by atoms with Crippen LogP contribution in [0.2, 0.25) is 0 Å². The highest BCUT2D eigenvalue weighted by atomic mass is 16.7. The van der Waals surface area contributed by atoms with Crippen LogP contribution in [0.15, 0.2) is 66.9 Å². The van der Waals surface area contributed by atoms with Gasteiger partial charge in [0.2, 0.25) is 5.82 Å². The van der Waals surface area contributed by atoms with E-state index in [1.165, 1.54) is 17.5 Å². The van der Waals surface area contributed by atoms with E-state index in [4.69, 9.17) is 24.8 Å². The van der Waals surface area contributed by atoms with Gasteiger partial charge >= 0.3 is 5.95 Å². The van der Waals surface area contributed by atoms with E-state index in [1.807, 2.05) is 31.2 Å². The fraction of sp³-hybridized carbons (Fsp3) is 0.500. The quantitative estimate of drug-likeness (QED) is 0.111. The Hall–Kier alpha value is -4.97. The van der Waals surface area contributed by atoms with Crippen molar-refractivity contribution in [2.45, 2.75) is 119 Å². The van der Waals surface area contributed by atoms with Crippen LogP contribution in [0, 0.1) is 40.0 Å². The third-order valence-electron chi connectivity index (χ3n) is 12.4. The van der Waals surface area contributed by atoms with Gasteiger partial charge in [0.1, 0.15) is 5.75 Å². The number of aromatic nitrogens is 5. The van der Waals surface area contributed by atoms with Crippen molar-refractivity contribution < 1.29 is 19.6 Å². The smallest absolute Gasteiger partial charge is 0.396 e. The summed E-state index contributed by atoms with van der Waals surface area (Å²) in [5, 5.41) is 22.3. The van der Waals surface area contributed by atoms with E-state index in [9.17, 15) is 10.2 Å². The highest BCUT2D eigenvalue weighted by Gasteiger charge is 2.56. The second-order valence-corrected chi connectivity index (χ2v) is 18.2. The number of aliphatic hydroxyl groups is 1. The number of benzene rings is 3. The molecular formula is C50H69N8O3+. The summed E-state index contributed by atoms with van der Waals surface area (Å²) >= 11 is 0. The summed E-state index contributed by atoms with van der Waals surface area (Å²) in [6.07, 6.45) is 7.81. The Bertz CT molecular complexity index is 2130. The second-order valence-electron chi connectivity index (χ2n) is 18.2. The predicted octanol–water partition coefficient (Wildman–Crippen LogP) is 9.13. The van der Waals surface area contributed by atoms with Crippen molar-refractivity contribution in [1.82, 2.24) is 25.0 Å². The molecule has 5 aromatic rings. The summed E-state index contributed by atoms with van der Waals surface area (Å²) < 4.78 is 2.33. The SMILES string of the molecule is CCCCN(CCO)c1cc[n+]2c(n1)N(CCCC)C1CC(C)(C)N(OC)CC1(C)C2.Cc1ccc(-c2nc(-c3ccc(C)cc3C)nc(-c3ccc(C)cc3O)n2)c(C)c1. The van der Waals surface area contributed by atoms with Gasteiger partial charge in [-0.15, -0.1) is 0 Å². The van der Waals surface area contributed by atoms with Crippen LogP contribution < -0.4 is 14.4 Å². The van der Waals surface area contributed by atoms with Crippen LogP contribution >= 0.6 is 0 Å². The molecule has 3 aromatic carbocycles. The number of rotatable bonds is 13. The molecule has 0 spiro atoms. The van der Waals surface area contributed by atoms with Crippen LogP contribution in [0.4, 0.5) is 11.8 Å². The van der Waals surface area contributed by atoms with Crippen molar-refractivity contribution in [3.63, 3.8) is 0 Å². The van der Waals surface area contributed by atoms with Gasteiger partial charge in [0.05, 0.1) is 44.6 Å². The van der Waals surface area contributed by atoms with E-state index in [0.717, 1.165) is 91.4 Å². The van der Waals surface area contributed by atoms with Crippen LogP contribution in [0.1, 0.15) is 94.5 Å². The van der Waals surface area contributed by atoms with Gasteiger partial charge in [0, 0.05) is 54.2 Å². The Morgan fingerprint density at radius 2 is 1.31 bits per heavy atom. The van der Waals surface area contributed by atoms with Crippen molar-refractivity contribution in [3.8, 4) is 39.9 Å². The molecule has 61 heavy (non-hydrogen) atoms. The van der Waals surface area contributed by atoms with Crippen molar-refractivity contribution in [1.29, 1.82) is 0 Å². The molecule has 0 saturated carbocycles. The van der Waals surface area contributed by atoms with E-state index in [0.29, 0.717) is 35.6 Å². The maximum Gasteiger partial charge on any atom is 0.396 e. The van der Waals surface area contributed by atoms with Crippen LogP contribution in [0.3, 0.4) is 0 Å². The first-order valence-electron chi connectivity index (χ1n) is 22.2. The first kappa shape index (κ1) is 45.6. The van der Waals surface area contributed by atoms with E-state index < -0.39 is 0 Å². The number of aliphatic hydroxyl groups excluding tert-OH is 1.